The van der Waals surface area contributed by atoms with Crippen LogP contribution in [0, 0.1) is 10.1 Å². The third kappa shape index (κ3) is 3.70. The van der Waals surface area contributed by atoms with Crippen molar-refractivity contribution in [2.75, 3.05) is 16.6 Å². The predicted molar refractivity (Wildman–Crippen MR) is 141 cm³/mol. The van der Waals surface area contributed by atoms with E-state index in [4.69, 9.17) is 9.84 Å². The van der Waals surface area contributed by atoms with E-state index in [1.165, 1.54) is 11.1 Å². The summed E-state index contributed by atoms with van der Waals surface area (Å²) in [7, 11) is 0. The lowest BCUT2D eigenvalue weighted by atomic mass is 9.96. The number of anilines is 2. The standard InChI is InChI=1S/C26H23N5O4S/c1-3-21-19-14-8-9-15-20(19)26(29(27-21)18-12-6-5-7-13-18)30(28-24(36-26)25(32)35-4-2)22-16-10-11-17-23(22)31(33)34/h5-17H,3-4H2,1-2H3/t26-/m1/s1. The van der Waals surface area contributed by atoms with E-state index in [9.17, 15) is 14.9 Å². The number of nitrogens with zero attached hydrogens (tertiary/aromatic N) is 5. The molecule has 0 saturated heterocycles. The molecule has 9 nitrogen and oxygen atoms in total. The summed E-state index contributed by atoms with van der Waals surface area (Å²) in [6, 6.07) is 23.6. The Balaban J connectivity index is 1.83. The Morgan fingerprint density at radius 3 is 2.39 bits per heavy atom. The molecule has 3 aromatic rings. The third-order valence-corrected chi connectivity index (χ3v) is 7.20. The van der Waals surface area contributed by atoms with E-state index in [-0.39, 0.29) is 23.0 Å². The summed E-state index contributed by atoms with van der Waals surface area (Å²) < 4.78 is 5.29. The number of thioether (sulfide) groups is 1. The predicted octanol–water partition coefficient (Wildman–Crippen LogP) is 5.47. The maximum Gasteiger partial charge on any atom is 0.365 e. The van der Waals surface area contributed by atoms with Crippen molar-refractivity contribution in [3.05, 3.63) is 100 Å². The van der Waals surface area contributed by atoms with Gasteiger partial charge in [0, 0.05) is 17.2 Å². The van der Waals surface area contributed by atoms with Gasteiger partial charge < -0.3 is 4.74 Å². The van der Waals surface area contributed by atoms with Crippen LogP contribution in [0.2, 0.25) is 0 Å². The molecule has 0 aliphatic carbocycles. The number of hydrogen-bond acceptors (Lipinski definition) is 9. The van der Waals surface area contributed by atoms with Crippen LogP contribution in [0.3, 0.4) is 0 Å². The molecule has 5 rings (SSSR count). The van der Waals surface area contributed by atoms with Crippen LogP contribution in [0.25, 0.3) is 0 Å². The Labute approximate surface area is 212 Å². The highest BCUT2D eigenvalue weighted by Gasteiger charge is 2.57. The van der Waals surface area contributed by atoms with E-state index in [2.05, 4.69) is 5.10 Å². The lowest BCUT2D eigenvalue weighted by molar-refractivity contribution is -0.384. The number of nitro groups is 1. The maximum atomic E-state index is 13.0. The van der Waals surface area contributed by atoms with E-state index in [0.29, 0.717) is 6.42 Å². The Hall–Kier alpha value is -4.18. The maximum absolute atomic E-state index is 13.0. The molecule has 0 saturated carbocycles. The van der Waals surface area contributed by atoms with E-state index in [0.717, 1.165) is 34.3 Å². The highest BCUT2D eigenvalue weighted by molar-refractivity contribution is 8.16. The number of carbonyl (C=O) groups excluding carboxylic acids is 1. The minimum Gasteiger partial charge on any atom is -0.461 e. The number of ether oxygens (including phenoxy) is 1. The molecule has 10 heteroatoms. The van der Waals surface area contributed by atoms with Crippen LogP contribution >= 0.6 is 11.8 Å². The lowest BCUT2D eigenvalue weighted by Gasteiger charge is -2.46. The smallest absolute Gasteiger partial charge is 0.365 e. The monoisotopic (exact) mass is 501 g/mol. The van der Waals surface area contributed by atoms with Gasteiger partial charge in [0.1, 0.15) is 5.69 Å². The molecule has 0 amide bonds. The molecule has 1 spiro atoms. The number of nitro benzene ring substituents is 1. The van der Waals surface area contributed by atoms with Crippen molar-refractivity contribution in [2.24, 2.45) is 10.2 Å². The largest absolute Gasteiger partial charge is 0.461 e. The van der Waals surface area contributed by atoms with Gasteiger partial charge in [0.15, 0.2) is 0 Å². The van der Waals surface area contributed by atoms with Gasteiger partial charge in [-0.2, -0.15) is 10.2 Å². The molecule has 0 unspecified atom stereocenters. The van der Waals surface area contributed by atoms with Crippen molar-refractivity contribution in [3.8, 4) is 0 Å². The quantitative estimate of drug-likeness (QED) is 0.251. The first kappa shape index (κ1) is 23.6. The Morgan fingerprint density at radius 1 is 0.972 bits per heavy atom. The van der Waals surface area contributed by atoms with Gasteiger partial charge in [0.25, 0.3) is 5.69 Å². The van der Waals surface area contributed by atoms with Gasteiger partial charge in [-0.05, 0) is 43.3 Å². The first-order chi connectivity index (χ1) is 17.5. The number of esters is 1. The van der Waals surface area contributed by atoms with Gasteiger partial charge in [0.2, 0.25) is 10.0 Å². The van der Waals surface area contributed by atoms with Crippen molar-refractivity contribution in [2.45, 2.75) is 25.3 Å². The van der Waals surface area contributed by atoms with E-state index in [1.807, 2.05) is 61.5 Å². The van der Waals surface area contributed by atoms with E-state index >= 15 is 0 Å². The molecule has 1 atom stereocenters. The van der Waals surface area contributed by atoms with Crippen molar-refractivity contribution in [1.29, 1.82) is 0 Å². The van der Waals surface area contributed by atoms with Crippen LogP contribution in [0.5, 0.6) is 0 Å². The summed E-state index contributed by atoms with van der Waals surface area (Å²) >= 11 is 1.16. The Bertz CT molecular complexity index is 1390. The van der Waals surface area contributed by atoms with E-state index < -0.39 is 15.9 Å². The highest BCUT2D eigenvalue weighted by Crippen LogP contribution is 2.55. The fourth-order valence-electron chi connectivity index (χ4n) is 4.39. The molecule has 0 bridgehead atoms. The fraction of sp³-hybridized carbons (Fsp3) is 0.192. The van der Waals surface area contributed by atoms with Gasteiger partial charge >= 0.3 is 5.97 Å². The average molecular weight is 502 g/mol. The molecule has 36 heavy (non-hydrogen) atoms. The van der Waals surface area contributed by atoms with Gasteiger partial charge in [-0.1, -0.05) is 61.5 Å². The summed E-state index contributed by atoms with van der Waals surface area (Å²) in [4.78, 5) is 23.3. The van der Waals surface area contributed by atoms with Crippen molar-refractivity contribution < 1.29 is 14.5 Å². The van der Waals surface area contributed by atoms with Crippen molar-refractivity contribution in [1.82, 2.24) is 0 Å². The zero-order valence-electron chi connectivity index (χ0n) is 19.7. The molecule has 0 N–H and O–H groups in total. The van der Waals surface area contributed by atoms with Crippen molar-refractivity contribution >= 4 is 45.5 Å². The molecule has 3 aromatic carbocycles. The molecular weight excluding hydrogens is 478 g/mol. The second kappa shape index (κ2) is 9.46. The third-order valence-electron chi connectivity index (χ3n) is 5.91. The summed E-state index contributed by atoms with van der Waals surface area (Å²) in [6.07, 6.45) is 0.665. The molecule has 0 aromatic heterocycles. The Kier molecular flexibility index (Phi) is 6.19. The van der Waals surface area contributed by atoms with Crippen LogP contribution < -0.4 is 10.0 Å². The molecular formula is C26H23N5O4S. The number of rotatable bonds is 6. The summed E-state index contributed by atoms with van der Waals surface area (Å²) in [5.74, 6) is -0.598. The van der Waals surface area contributed by atoms with Gasteiger partial charge in [-0.15, -0.1) is 0 Å². The number of para-hydroxylation sites is 3. The fourth-order valence-corrected chi connectivity index (χ4v) is 5.67. The molecule has 0 fully saturated rings. The molecule has 182 valence electrons. The SMILES string of the molecule is CCOC(=O)C1=NN(c2ccccc2[N+](=O)[O-])[C@@]2(S1)c1ccccc1C(CC)=NN2c1ccccc1. The molecule has 2 aliphatic rings. The van der Waals surface area contributed by atoms with E-state index in [1.54, 1.807) is 30.1 Å². The first-order valence-electron chi connectivity index (χ1n) is 11.5. The van der Waals surface area contributed by atoms with Crippen LogP contribution in [0.1, 0.15) is 31.4 Å². The van der Waals surface area contributed by atoms with Crippen LogP contribution in [-0.4, -0.2) is 28.3 Å². The molecule has 2 aliphatic heterocycles. The summed E-state index contributed by atoms with van der Waals surface area (Å²) in [5, 5.41) is 25.1. The number of carbonyl (C=O) groups is 1. The highest BCUT2D eigenvalue weighted by atomic mass is 32.2. The zero-order valence-corrected chi connectivity index (χ0v) is 20.5. The number of fused-ring (bicyclic) bond motifs is 2. The number of hydrogen-bond donors (Lipinski definition) is 0. The van der Waals surface area contributed by atoms with Gasteiger partial charge in [-0.3, -0.25) is 10.1 Å². The Morgan fingerprint density at radius 2 is 1.67 bits per heavy atom. The average Bonchev–Trinajstić information content (AvgIpc) is 3.31. The minimum atomic E-state index is -1.26. The number of hydrazone groups is 2. The van der Waals surface area contributed by atoms with Crippen LogP contribution in [0.4, 0.5) is 17.1 Å². The number of benzene rings is 3. The lowest BCUT2D eigenvalue weighted by Crippen LogP contribution is -2.54. The second-order valence-electron chi connectivity index (χ2n) is 7.99. The first-order valence-corrected chi connectivity index (χ1v) is 12.3. The molecule has 0 radical (unpaired) electrons. The van der Waals surface area contributed by atoms with Gasteiger partial charge in [0.05, 0.1) is 22.9 Å². The summed E-state index contributed by atoms with van der Waals surface area (Å²) in [6.45, 7) is 3.92. The van der Waals surface area contributed by atoms with Crippen molar-refractivity contribution in [3.63, 3.8) is 0 Å². The minimum absolute atomic E-state index is 0.0842. The zero-order chi connectivity index (χ0) is 25.3. The topological polar surface area (TPSA) is 101 Å². The van der Waals surface area contributed by atoms with Crippen LogP contribution in [-0.2, 0) is 14.5 Å². The van der Waals surface area contributed by atoms with Crippen LogP contribution in [0.15, 0.2) is 89.1 Å². The second-order valence-corrected chi connectivity index (χ2v) is 9.15. The van der Waals surface area contributed by atoms with Gasteiger partial charge in [-0.25, -0.2) is 14.8 Å². The normalized spacial score (nSPS) is 18.5. The molecule has 2 heterocycles. The summed E-state index contributed by atoms with van der Waals surface area (Å²) in [5.41, 5.74) is 3.40.